The first-order chi connectivity index (χ1) is 14.6. The lowest BCUT2D eigenvalue weighted by molar-refractivity contribution is 0.0956. The highest BCUT2D eigenvalue weighted by molar-refractivity contribution is 7.12. The zero-order valence-corrected chi connectivity index (χ0v) is 16.5. The molecule has 3 N–H and O–H groups in total. The summed E-state index contributed by atoms with van der Waals surface area (Å²) in [6.45, 7) is 0. The summed E-state index contributed by atoms with van der Waals surface area (Å²) in [6.07, 6.45) is 1.41. The number of hydrogen-bond acceptors (Lipinski definition) is 5. The normalized spacial score (nSPS) is 10.9. The van der Waals surface area contributed by atoms with Crippen molar-refractivity contribution in [3.8, 4) is 5.75 Å². The number of fused-ring (bicyclic) bond motifs is 1. The molecular weight excluding hydrogens is 398 g/mol. The largest absolute Gasteiger partial charge is 0.507 e. The Morgan fingerprint density at radius 2 is 1.70 bits per heavy atom. The van der Waals surface area contributed by atoms with Crippen molar-refractivity contribution < 1.29 is 14.7 Å². The molecule has 3 aromatic carbocycles. The molecule has 2 amide bonds. The van der Waals surface area contributed by atoms with E-state index in [1.54, 1.807) is 42.5 Å². The molecule has 6 nitrogen and oxygen atoms in total. The molecule has 4 aromatic rings. The third-order valence-corrected chi connectivity index (χ3v) is 5.34. The summed E-state index contributed by atoms with van der Waals surface area (Å²) in [4.78, 5) is 25.5. The van der Waals surface area contributed by atoms with Crippen LogP contribution in [-0.2, 0) is 0 Å². The van der Waals surface area contributed by atoms with Gasteiger partial charge in [-0.3, -0.25) is 9.59 Å². The van der Waals surface area contributed by atoms with Crippen LogP contribution in [0.3, 0.4) is 0 Å². The van der Waals surface area contributed by atoms with Crippen molar-refractivity contribution in [2.45, 2.75) is 0 Å². The Balaban J connectivity index is 1.53. The van der Waals surface area contributed by atoms with Crippen LogP contribution in [0.2, 0.25) is 0 Å². The van der Waals surface area contributed by atoms with Gasteiger partial charge in [0.25, 0.3) is 11.8 Å². The van der Waals surface area contributed by atoms with Gasteiger partial charge in [0, 0.05) is 5.56 Å². The Bertz CT molecular complexity index is 1250. The number of aromatic hydroxyl groups is 1. The molecule has 0 spiro atoms. The summed E-state index contributed by atoms with van der Waals surface area (Å²) in [6, 6.07) is 21.2. The molecule has 30 heavy (non-hydrogen) atoms. The van der Waals surface area contributed by atoms with Gasteiger partial charge in [-0.1, -0.05) is 48.5 Å². The van der Waals surface area contributed by atoms with Crippen molar-refractivity contribution >= 4 is 45.8 Å². The standard InChI is InChI=1S/C23H17N3O3S/c27-20-12-11-15-6-1-2-7-16(15)18(20)14-24-26-22(28)17-8-3-4-9-19(17)25-23(29)21-10-5-13-30-21/h1-14,27H,(H,25,29)(H,26,28). The van der Waals surface area contributed by atoms with E-state index in [9.17, 15) is 14.7 Å². The van der Waals surface area contributed by atoms with E-state index in [0.717, 1.165) is 10.8 Å². The molecule has 0 aliphatic rings. The number of benzene rings is 3. The van der Waals surface area contributed by atoms with Crippen LogP contribution in [-0.4, -0.2) is 23.1 Å². The monoisotopic (exact) mass is 415 g/mol. The number of rotatable bonds is 5. The van der Waals surface area contributed by atoms with E-state index in [-0.39, 0.29) is 17.2 Å². The molecular formula is C23H17N3O3S. The molecule has 0 saturated carbocycles. The lowest BCUT2D eigenvalue weighted by Gasteiger charge is -2.09. The van der Waals surface area contributed by atoms with Crippen LogP contribution in [0.5, 0.6) is 5.75 Å². The second-order valence-corrected chi connectivity index (χ2v) is 7.34. The van der Waals surface area contributed by atoms with Gasteiger partial charge in [0.2, 0.25) is 0 Å². The number of thiophene rings is 1. The van der Waals surface area contributed by atoms with Gasteiger partial charge in [-0.2, -0.15) is 5.10 Å². The zero-order valence-electron chi connectivity index (χ0n) is 15.7. The molecule has 7 heteroatoms. The number of phenols is 1. The fourth-order valence-electron chi connectivity index (χ4n) is 3.02. The highest BCUT2D eigenvalue weighted by Gasteiger charge is 2.14. The van der Waals surface area contributed by atoms with Gasteiger partial charge in [0.1, 0.15) is 5.75 Å². The van der Waals surface area contributed by atoms with Crippen LogP contribution < -0.4 is 10.7 Å². The van der Waals surface area contributed by atoms with E-state index >= 15 is 0 Å². The molecule has 4 rings (SSSR count). The first-order valence-electron chi connectivity index (χ1n) is 9.11. The summed E-state index contributed by atoms with van der Waals surface area (Å²) in [5.41, 5.74) is 3.63. The molecule has 0 saturated heterocycles. The van der Waals surface area contributed by atoms with Gasteiger partial charge in [0.15, 0.2) is 0 Å². The van der Waals surface area contributed by atoms with Crippen LogP contribution in [0, 0.1) is 0 Å². The van der Waals surface area contributed by atoms with Gasteiger partial charge in [0.05, 0.1) is 22.3 Å². The topological polar surface area (TPSA) is 90.8 Å². The van der Waals surface area contributed by atoms with Gasteiger partial charge < -0.3 is 10.4 Å². The van der Waals surface area contributed by atoms with Crippen LogP contribution in [0.15, 0.2) is 83.3 Å². The Hall–Kier alpha value is -3.97. The van der Waals surface area contributed by atoms with Crippen molar-refractivity contribution in [3.63, 3.8) is 0 Å². The number of nitrogens with one attached hydrogen (secondary N) is 2. The van der Waals surface area contributed by atoms with E-state index in [1.165, 1.54) is 17.6 Å². The maximum Gasteiger partial charge on any atom is 0.273 e. The maximum absolute atomic E-state index is 12.6. The third kappa shape index (κ3) is 4.06. The third-order valence-electron chi connectivity index (χ3n) is 4.47. The summed E-state index contributed by atoms with van der Waals surface area (Å²) < 4.78 is 0. The highest BCUT2D eigenvalue weighted by atomic mass is 32.1. The number of anilines is 1. The second kappa shape index (κ2) is 8.59. The summed E-state index contributed by atoms with van der Waals surface area (Å²) in [5.74, 6) is -0.696. The van der Waals surface area contributed by atoms with Crippen LogP contribution in [0.25, 0.3) is 10.8 Å². The lowest BCUT2D eigenvalue weighted by atomic mass is 10.0. The predicted octanol–water partition coefficient (Wildman–Crippen LogP) is 4.62. The van der Waals surface area contributed by atoms with Crippen molar-refractivity contribution in [1.82, 2.24) is 5.43 Å². The number of hydrazone groups is 1. The minimum atomic E-state index is -0.479. The first kappa shape index (κ1) is 19.4. The Morgan fingerprint density at radius 1 is 0.900 bits per heavy atom. The van der Waals surface area contributed by atoms with E-state index in [4.69, 9.17) is 0 Å². The summed E-state index contributed by atoms with van der Waals surface area (Å²) >= 11 is 1.32. The zero-order chi connectivity index (χ0) is 20.9. The minimum absolute atomic E-state index is 0.0651. The van der Waals surface area contributed by atoms with Crippen LogP contribution in [0.1, 0.15) is 25.6 Å². The SMILES string of the molecule is O=C(Nc1ccccc1C(=O)NN=Cc1c(O)ccc2ccccc12)c1cccs1. The number of amides is 2. The van der Waals surface area contributed by atoms with Gasteiger partial charge in [-0.15, -0.1) is 11.3 Å². The van der Waals surface area contributed by atoms with E-state index in [1.807, 2.05) is 35.7 Å². The summed E-state index contributed by atoms with van der Waals surface area (Å²) in [7, 11) is 0. The molecule has 0 atom stereocenters. The highest BCUT2D eigenvalue weighted by Crippen LogP contribution is 2.25. The summed E-state index contributed by atoms with van der Waals surface area (Å²) in [5, 5.41) is 20.5. The second-order valence-electron chi connectivity index (χ2n) is 6.40. The quantitative estimate of drug-likeness (QED) is 0.328. The van der Waals surface area contributed by atoms with Gasteiger partial charge >= 0.3 is 0 Å². The average molecular weight is 415 g/mol. The van der Waals surface area contributed by atoms with E-state index < -0.39 is 5.91 Å². The van der Waals surface area contributed by atoms with E-state index in [0.29, 0.717) is 16.1 Å². The predicted molar refractivity (Wildman–Crippen MR) is 119 cm³/mol. The van der Waals surface area contributed by atoms with Crippen LogP contribution in [0.4, 0.5) is 5.69 Å². The molecule has 0 unspecified atom stereocenters. The Labute approximate surface area is 176 Å². The van der Waals surface area contributed by atoms with E-state index in [2.05, 4.69) is 15.8 Å². The number of carbonyl (C=O) groups is 2. The van der Waals surface area contributed by atoms with Crippen molar-refractivity contribution in [3.05, 3.63) is 94.2 Å². The average Bonchev–Trinajstić information content (AvgIpc) is 3.31. The van der Waals surface area contributed by atoms with Crippen molar-refractivity contribution in [2.75, 3.05) is 5.32 Å². The van der Waals surface area contributed by atoms with Crippen molar-refractivity contribution in [2.24, 2.45) is 5.10 Å². The number of hydrogen-bond donors (Lipinski definition) is 3. The molecule has 148 valence electrons. The first-order valence-corrected chi connectivity index (χ1v) is 9.99. The molecule has 0 radical (unpaired) electrons. The number of carbonyl (C=O) groups excluding carboxylic acids is 2. The molecule has 0 bridgehead atoms. The minimum Gasteiger partial charge on any atom is -0.507 e. The fraction of sp³-hybridized carbons (Fsp3) is 0. The molecule has 0 aliphatic carbocycles. The number of phenolic OH excluding ortho intramolecular Hbond substituents is 1. The smallest absolute Gasteiger partial charge is 0.273 e. The van der Waals surface area contributed by atoms with Crippen LogP contribution >= 0.6 is 11.3 Å². The Morgan fingerprint density at radius 3 is 2.53 bits per heavy atom. The molecule has 0 fully saturated rings. The lowest BCUT2D eigenvalue weighted by Crippen LogP contribution is -2.21. The van der Waals surface area contributed by atoms with Gasteiger partial charge in [-0.25, -0.2) is 5.43 Å². The van der Waals surface area contributed by atoms with Crippen molar-refractivity contribution in [1.29, 1.82) is 0 Å². The molecule has 0 aliphatic heterocycles. The van der Waals surface area contributed by atoms with Gasteiger partial charge in [-0.05, 0) is 40.4 Å². The maximum atomic E-state index is 12.6. The molecule has 1 aromatic heterocycles. The number of para-hydroxylation sites is 1. The fourth-order valence-corrected chi connectivity index (χ4v) is 3.64. The Kier molecular flexibility index (Phi) is 5.54. The number of nitrogens with zero attached hydrogens (tertiary/aromatic N) is 1. The molecule has 1 heterocycles.